The fraction of sp³-hybridized carbons (Fsp3) is 0.846. The van der Waals surface area contributed by atoms with Crippen molar-refractivity contribution in [1.29, 1.82) is 0 Å². The van der Waals surface area contributed by atoms with E-state index in [1.807, 2.05) is 0 Å². The van der Waals surface area contributed by atoms with Crippen molar-refractivity contribution in [2.24, 2.45) is 17.3 Å². The lowest BCUT2D eigenvalue weighted by Gasteiger charge is -2.42. The zero-order valence-corrected chi connectivity index (χ0v) is 19.2. The average molecular weight is 438 g/mol. The second kappa shape index (κ2) is 10.4. The van der Waals surface area contributed by atoms with E-state index in [2.05, 4.69) is 28.7 Å². The van der Waals surface area contributed by atoms with Crippen LogP contribution in [0.3, 0.4) is 0 Å². The van der Waals surface area contributed by atoms with E-state index in [0.717, 1.165) is 50.5 Å². The van der Waals surface area contributed by atoms with Gasteiger partial charge in [0, 0.05) is 13.1 Å². The van der Waals surface area contributed by atoms with Gasteiger partial charge >= 0.3 is 6.61 Å². The normalized spacial score (nSPS) is 37.5. The van der Waals surface area contributed by atoms with Gasteiger partial charge in [0.2, 0.25) is 0 Å². The summed E-state index contributed by atoms with van der Waals surface area (Å²) >= 11 is 0. The highest BCUT2D eigenvalue weighted by Gasteiger charge is 2.48. The number of aliphatic hydroxyl groups is 1. The molecule has 5 heteroatoms. The van der Waals surface area contributed by atoms with Crippen molar-refractivity contribution >= 4 is 0 Å². The van der Waals surface area contributed by atoms with Crippen molar-refractivity contribution in [3.05, 3.63) is 23.3 Å². The molecule has 1 N–H and O–H groups in total. The molecule has 4 atom stereocenters. The molecule has 0 aromatic heterocycles. The van der Waals surface area contributed by atoms with E-state index < -0.39 is 6.61 Å². The van der Waals surface area contributed by atoms with Crippen LogP contribution >= 0.6 is 0 Å². The summed E-state index contributed by atoms with van der Waals surface area (Å²) in [5.74, 6) is 1.55. The molecule has 4 aliphatic rings. The van der Waals surface area contributed by atoms with E-state index in [0.29, 0.717) is 18.5 Å². The Hall–Kier alpha value is -0.780. The largest absolute Gasteiger partial charge is 0.393 e. The fourth-order valence-corrected chi connectivity index (χ4v) is 6.93. The van der Waals surface area contributed by atoms with Crippen LogP contribution in [0.4, 0.5) is 8.78 Å². The number of allylic oxidation sites excluding steroid dienone is 3. The van der Waals surface area contributed by atoms with Crippen LogP contribution in [0.25, 0.3) is 0 Å². The Labute approximate surface area is 186 Å². The maximum Gasteiger partial charge on any atom is 0.345 e. The standard InChI is InChI=1S/C26H41F2NO2/c1-26-14-5-7-20(11-10-19-6-4-9-22(30)16-19)24(26)13-12-21(26)8-2-3-15-29-17-23(18-29)31-25(27)28/h10-11,21-25,30H,2-9,12-18H2,1H3/b19-10-,20-11+/t21?,22-,24?,26?/m0/s1. The molecule has 0 bridgehead atoms. The minimum Gasteiger partial charge on any atom is -0.393 e. The lowest BCUT2D eigenvalue weighted by molar-refractivity contribution is -0.195. The highest BCUT2D eigenvalue weighted by molar-refractivity contribution is 5.25. The van der Waals surface area contributed by atoms with Crippen LogP contribution in [0.15, 0.2) is 23.3 Å². The van der Waals surface area contributed by atoms with Crippen LogP contribution in [0.1, 0.15) is 84.0 Å². The predicted octanol–water partition coefficient (Wildman–Crippen LogP) is 6.08. The molecular formula is C26H41F2NO2. The molecular weight excluding hydrogens is 396 g/mol. The second-order valence-corrected chi connectivity index (χ2v) is 10.8. The minimum atomic E-state index is -2.64. The number of unbranched alkanes of at least 4 members (excludes halogenated alkanes) is 1. The van der Waals surface area contributed by atoms with Gasteiger partial charge in [0.05, 0.1) is 12.2 Å². The maximum absolute atomic E-state index is 12.2. The molecule has 0 spiro atoms. The Morgan fingerprint density at radius 2 is 1.97 bits per heavy atom. The molecule has 3 unspecified atom stereocenters. The molecule has 3 nitrogen and oxygen atoms in total. The monoisotopic (exact) mass is 437 g/mol. The van der Waals surface area contributed by atoms with Gasteiger partial charge in [-0.15, -0.1) is 0 Å². The summed E-state index contributed by atoms with van der Waals surface area (Å²) in [4.78, 5) is 2.24. The Kier molecular flexibility index (Phi) is 7.87. The molecule has 1 heterocycles. The molecule has 3 aliphatic carbocycles. The molecule has 1 aliphatic heterocycles. The molecule has 31 heavy (non-hydrogen) atoms. The van der Waals surface area contributed by atoms with Crippen LogP contribution in [-0.4, -0.2) is 48.5 Å². The number of likely N-dealkylation sites (tertiary alicyclic amines) is 1. The molecule has 3 saturated carbocycles. The van der Waals surface area contributed by atoms with Gasteiger partial charge in [-0.2, -0.15) is 8.78 Å². The number of alkyl halides is 2. The number of halogens is 2. The third-order valence-electron chi connectivity index (χ3n) is 8.72. The Morgan fingerprint density at radius 1 is 1.13 bits per heavy atom. The van der Waals surface area contributed by atoms with Crippen LogP contribution in [0.2, 0.25) is 0 Å². The van der Waals surface area contributed by atoms with Crippen molar-refractivity contribution in [3.63, 3.8) is 0 Å². The Balaban J connectivity index is 1.23. The van der Waals surface area contributed by atoms with Crippen LogP contribution in [-0.2, 0) is 4.74 Å². The lowest BCUT2D eigenvalue weighted by atomic mass is 9.62. The summed E-state index contributed by atoms with van der Waals surface area (Å²) in [5, 5.41) is 9.95. The predicted molar refractivity (Wildman–Crippen MR) is 120 cm³/mol. The van der Waals surface area contributed by atoms with Crippen molar-refractivity contribution < 1.29 is 18.6 Å². The Bertz CT molecular complexity index is 658. The first-order valence-electron chi connectivity index (χ1n) is 12.7. The number of fused-ring (bicyclic) bond motifs is 1. The van der Waals surface area contributed by atoms with E-state index in [1.54, 1.807) is 5.57 Å². The van der Waals surface area contributed by atoms with E-state index in [4.69, 9.17) is 0 Å². The zero-order chi connectivity index (χ0) is 21.8. The van der Waals surface area contributed by atoms with E-state index in [-0.39, 0.29) is 12.2 Å². The van der Waals surface area contributed by atoms with Gasteiger partial charge in [0.25, 0.3) is 0 Å². The highest BCUT2D eigenvalue weighted by atomic mass is 19.3. The van der Waals surface area contributed by atoms with Gasteiger partial charge in [-0.3, -0.25) is 4.90 Å². The molecule has 0 aromatic rings. The average Bonchev–Trinajstić information content (AvgIpc) is 3.03. The molecule has 0 amide bonds. The quantitative estimate of drug-likeness (QED) is 0.467. The van der Waals surface area contributed by atoms with E-state index in [1.165, 1.54) is 50.5 Å². The van der Waals surface area contributed by atoms with Gasteiger partial charge in [-0.05, 0) is 94.4 Å². The number of ether oxygens (including phenoxy) is 1. The molecule has 4 fully saturated rings. The topological polar surface area (TPSA) is 32.7 Å². The number of hydrogen-bond donors (Lipinski definition) is 1. The molecule has 4 rings (SSSR count). The van der Waals surface area contributed by atoms with Gasteiger partial charge in [0.1, 0.15) is 0 Å². The Morgan fingerprint density at radius 3 is 2.74 bits per heavy atom. The summed E-state index contributed by atoms with van der Waals surface area (Å²) in [6.07, 6.45) is 18.8. The van der Waals surface area contributed by atoms with Crippen LogP contribution in [0, 0.1) is 17.3 Å². The van der Waals surface area contributed by atoms with E-state index >= 15 is 0 Å². The summed E-state index contributed by atoms with van der Waals surface area (Å²) in [6.45, 7) is 2.24. The van der Waals surface area contributed by atoms with E-state index in [9.17, 15) is 13.9 Å². The van der Waals surface area contributed by atoms with Crippen LogP contribution in [0.5, 0.6) is 0 Å². The van der Waals surface area contributed by atoms with Crippen molar-refractivity contribution in [3.8, 4) is 0 Å². The first-order valence-corrected chi connectivity index (χ1v) is 12.7. The van der Waals surface area contributed by atoms with Crippen molar-refractivity contribution in [2.75, 3.05) is 19.6 Å². The molecule has 0 aromatic carbocycles. The number of aliphatic hydroxyl groups excluding tert-OH is 1. The SMILES string of the molecule is CC12CCC/C(=C\C=C3\CCC[C@H](O)C3)C1CCC2CCCCN1CC(OC(F)F)C1. The first-order chi connectivity index (χ1) is 14.9. The van der Waals surface area contributed by atoms with Crippen molar-refractivity contribution in [2.45, 2.75) is 103 Å². The van der Waals surface area contributed by atoms with Gasteiger partial charge < -0.3 is 9.84 Å². The maximum atomic E-state index is 12.2. The second-order valence-electron chi connectivity index (χ2n) is 10.8. The van der Waals surface area contributed by atoms with Crippen molar-refractivity contribution in [1.82, 2.24) is 4.90 Å². The number of hydrogen-bond acceptors (Lipinski definition) is 3. The smallest absolute Gasteiger partial charge is 0.345 e. The summed E-state index contributed by atoms with van der Waals surface area (Å²) < 4.78 is 29.0. The molecule has 0 radical (unpaired) electrons. The zero-order valence-electron chi connectivity index (χ0n) is 19.2. The molecule has 176 valence electrons. The third kappa shape index (κ3) is 5.78. The first kappa shape index (κ1) is 23.4. The number of nitrogens with zero attached hydrogens (tertiary/aromatic N) is 1. The minimum absolute atomic E-state index is 0.134. The van der Waals surface area contributed by atoms with Gasteiger partial charge in [-0.25, -0.2) is 0 Å². The summed E-state index contributed by atoms with van der Waals surface area (Å²) in [6, 6.07) is 0. The molecule has 1 saturated heterocycles. The summed E-state index contributed by atoms with van der Waals surface area (Å²) in [5.41, 5.74) is 3.54. The van der Waals surface area contributed by atoms with Gasteiger partial charge in [0.15, 0.2) is 0 Å². The number of rotatable bonds is 8. The highest BCUT2D eigenvalue weighted by Crippen LogP contribution is 2.58. The summed E-state index contributed by atoms with van der Waals surface area (Å²) in [7, 11) is 0. The fourth-order valence-electron chi connectivity index (χ4n) is 6.93. The third-order valence-corrected chi connectivity index (χ3v) is 8.72. The lowest BCUT2D eigenvalue weighted by Crippen LogP contribution is -2.52. The van der Waals surface area contributed by atoms with Gasteiger partial charge in [-0.1, -0.05) is 36.6 Å². The van der Waals surface area contributed by atoms with Crippen LogP contribution < -0.4 is 0 Å².